The van der Waals surface area contributed by atoms with Gasteiger partial charge in [-0.2, -0.15) is 26.3 Å². The summed E-state index contributed by atoms with van der Waals surface area (Å²) in [5.41, 5.74) is -1.97. The summed E-state index contributed by atoms with van der Waals surface area (Å²) in [6.07, 6.45) is -6.34. The van der Waals surface area contributed by atoms with Gasteiger partial charge in [0, 0.05) is 50.9 Å². The highest BCUT2D eigenvalue weighted by molar-refractivity contribution is 5.95. The Kier molecular flexibility index (Phi) is 14.0. The van der Waals surface area contributed by atoms with Gasteiger partial charge in [0.1, 0.15) is 30.4 Å². The van der Waals surface area contributed by atoms with Gasteiger partial charge in [-0.3, -0.25) is 19.4 Å². The van der Waals surface area contributed by atoms with Crippen LogP contribution in [0.25, 0.3) is 0 Å². The number of carbonyl (C=O) groups excluding carboxylic acids is 3. The van der Waals surface area contributed by atoms with Crippen LogP contribution in [-0.4, -0.2) is 120 Å². The molecule has 0 unspecified atom stereocenters. The molecule has 3 heterocycles. The van der Waals surface area contributed by atoms with Gasteiger partial charge in [-0.25, -0.2) is 4.39 Å². The number of halogens is 7. The molecule has 0 saturated carbocycles. The fourth-order valence-electron chi connectivity index (χ4n) is 9.19. The smallest absolute Gasteiger partial charge is 0.392 e. The number of likely N-dealkylation sites (tertiary alicyclic amines) is 1. The molecule has 0 bridgehead atoms. The highest BCUT2D eigenvalue weighted by atomic mass is 19.4. The van der Waals surface area contributed by atoms with E-state index in [2.05, 4.69) is 22.0 Å². The standard InChI is InChI=1S/C47H50F7N5O6/c1-56(17-5-18-57(2)43(63)39-13-8-31(27-60)26-55-39)41(61)28-64-40-24-32-6-3-4-7-38(32)44(40)14-19-58(20-15-44)21-16-45(34-9-11-37(48)12-10-34)29-59(30-65-45)42(62)33-22-35(46(49,50)51)25-36(23-33)47(52,53)54/h3-4,6-13,22-23,25-26,40,60H,5,14-21,24,27-30H2,1-2H3/t40-,45+/m0/s1. The fourth-order valence-corrected chi connectivity index (χ4v) is 9.19. The quantitative estimate of drug-likeness (QED) is 0.134. The summed E-state index contributed by atoms with van der Waals surface area (Å²) in [5, 5.41) is 9.24. The maximum atomic E-state index is 14.1. The maximum absolute atomic E-state index is 14.1. The van der Waals surface area contributed by atoms with Crippen LogP contribution < -0.4 is 0 Å². The molecule has 7 rings (SSSR count). The van der Waals surface area contributed by atoms with E-state index in [1.165, 1.54) is 35.4 Å². The van der Waals surface area contributed by atoms with E-state index >= 15 is 0 Å². The molecule has 3 aliphatic rings. The molecule has 11 nitrogen and oxygen atoms in total. The summed E-state index contributed by atoms with van der Waals surface area (Å²) < 4.78 is 109. The zero-order chi connectivity index (χ0) is 46.7. The summed E-state index contributed by atoms with van der Waals surface area (Å²) >= 11 is 0. The third-order valence-corrected chi connectivity index (χ3v) is 13.0. The van der Waals surface area contributed by atoms with Gasteiger partial charge in [-0.1, -0.05) is 42.5 Å². The molecule has 0 radical (unpaired) electrons. The van der Waals surface area contributed by atoms with E-state index in [9.17, 15) is 50.2 Å². The van der Waals surface area contributed by atoms with Crippen molar-refractivity contribution in [3.05, 3.63) is 136 Å². The van der Waals surface area contributed by atoms with Crippen molar-refractivity contribution < 1.29 is 59.7 Å². The number of hydrogen-bond donors (Lipinski definition) is 1. The van der Waals surface area contributed by atoms with Crippen LogP contribution in [0.4, 0.5) is 30.7 Å². The lowest BCUT2D eigenvalue weighted by atomic mass is 9.72. The highest BCUT2D eigenvalue weighted by Crippen LogP contribution is 2.48. The average molecular weight is 914 g/mol. The molecule has 4 aromatic rings. The molecule has 1 aromatic heterocycles. The number of likely N-dealkylation sites (N-methyl/N-ethyl adjacent to an activating group) is 1. The monoisotopic (exact) mass is 913 g/mol. The number of nitrogens with zero attached hydrogens (tertiary/aromatic N) is 5. The first-order chi connectivity index (χ1) is 30.8. The van der Waals surface area contributed by atoms with E-state index in [-0.39, 0.29) is 61.3 Å². The Balaban J connectivity index is 0.977. The molecule has 2 aliphatic heterocycles. The highest BCUT2D eigenvalue weighted by Gasteiger charge is 2.50. The molecular weight excluding hydrogens is 864 g/mol. The molecule has 1 aliphatic carbocycles. The number of hydrogen-bond acceptors (Lipinski definition) is 8. The van der Waals surface area contributed by atoms with Gasteiger partial charge in [0.15, 0.2) is 0 Å². The number of benzene rings is 3. The van der Waals surface area contributed by atoms with Crippen molar-refractivity contribution >= 4 is 17.7 Å². The number of piperidine rings is 1. The van der Waals surface area contributed by atoms with E-state index < -0.39 is 53.1 Å². The van der Waals surface area contributed by atoms with Crippen LogP contribution in [0, 0.1) is 5.82 Å². The molecule has 2 saturated heterocycles. The minimum absolute atomic E-state index is 0.0315. The Labute approximate surface area is 371 Å². The largest absolute Gasteiger partial charge is 0.416 e. The van der Waals surface area contributed by atoms with Gasteiger partial charge >= 0.3 is 12.4 Å². The van der Waals surface area contributed by atoms with Crippen molar-refractivity contribution in [3.8, 4) is 0 Å². The van der Waals surface area contributed by atoms with Gasteiger partial charge in [0.05, 0.1) is 30.4 Å². The van der Waals surface area contributed by atoms with Crippen molar-refractivity contribution in [1.29, 1.82) is 0 Å². The van der Waals surface area contributed by atoms with E-state index in [0.29, 0.717) is 81.7 Å². The first-order valence-corrected chi connectivity index (χ1v) is 21.3. The van der Waals surface area contributed by atoms with Crippen molar-refractivity contribution in [2.24, 2.45) is 0 Å². The van der Waals surface area contributed by atoms with Gasteiger partial charge in [-0.05, 0) is 104 Å². The number of aliphatic hydroxyl groups excluding tert-OH is 1. The van der Waals surface area contributed by atoms with Crippen LogP contribution in [0.3, 0.4) is 0 Å². The number of carbonyl (C=O) groups is 3. The first-order valence-electron chi connectivity index (χ1n) is 21.3. The minimum Gasteiger partial charge on any atom is -0.392 e. The van der Waals surface area contributed by atoms with Crippen LogP contribution in [0.5, 0.6) is 0 Å². The normalized spacial score (nSPS) is 19.7. The van der Waals surface area contributed by atoms with Crippen molar-refractivity contribution in [2.45, 2.75) is 68.2 Å². The molecule has 3 aromatic carbocycles. The average Bonchev–Trinajstić information content (AvgIpc) is 3.86. The third-order valence-electron chi connectivity index (χ3n) is 13.0. The van der Waals surface area contributed by atoms with Gasteiger partial charge in [0.2, 0.25) is 5.91 Å². The molecule has 1 N–H and O–H groups in total. The van der Waals surface area contributed by atoms with E-state index in [1.54, 1.807) is 31.1 Å². The lowest BCUT2D eigenvalue weighted by molar-refractivity contribution is -0.143. The Hall–Kier alpha value is -5.43. The number of aliphatic hydroxyl groups is 1. The van der Waals surface area contributed by atoms with Crippen molar-refractivity contribution in [3.63, 3.8) is 0 Å². The fraction of sp³-hybridized carbons (Fsp3) is 0.447. The lowest BCUT2D eigenvalue weighted by Gasteiger charge is -2.44. The van der Waals surface area contributed by atoms with Crippen LogP contribution >= 0.6 is 0 Å². The second-order valence-corrected chi connectivity index (χ2v) is 17.1. The molecule has 2 atom stereocenters. The summed E-state index contributed by atoms with van der Waals surface area (Å²) in [6.45, 7) is 1.50. The molecular formula is C47H50F7N5O6. The molecule has 18 heteroatoms. The number of aromatic nitrogens is 1. The molecule has 1 spiro atoms. The van der Waals surface area contributed by atoms with Crippen molar-refractivity contribution in [2.75, 3.05) is 66.7 Å². The zero-order valence-corrected chi connectivity index (χ0v) is 35.9. The SMILES string of the molecule is CN(CCCN(C)C(=O)c1ccc(CO)cn1)C(=O)CO[C@H]1Cc2ccccc2C12CCN(CC[C@]1(c3ccc(F)cc3)CN(C(=O)c3cc(C(F)(F)F)cc(C(F)(F)F)c3)CO1)CC2. The van der Waals surface area contributed by atoms with Crippen LogP contribution in [0.1, 0.15) is 79.9 Å². The van der Waals surface area contributed by atoms with Crippen molar-refractivity contribution in [1.82, 2.24) is 24.6 Å². The minimum atomic E-state index is -5.14. The third kappa shape index (κ3) is 10.5. The predicted molar refractivity (Wildman–Crippen MR) is 223 cm³/mol. The van der Waals surface area contributed by atoms with E-state index in [0.717, 1.165) is 16.0 Å². The summed E-state index contributed by atoms with van der Waals surface area (Å²) in [4.78, 5) is 50.3. The van der Waals surface area contributed by atoms with Gasteiger partial charge in [-0.15, -0.1) is 0 Å². The number of fused-ring (bicyclic) bond motifs is 2. The predicted octanol–water partition coefficient (Wildman–Crippen LogP) is 7.06. The topological polar surface area (TPSA) is 116 Å². The number of amides is 3. The Morgan fingerprint density at radius 3 is 2.18 bits per heavy atom. The number of rotatable bonds is 14. The second kappa shape index (κ2) is 19.2. The van der Waals surface area contributed by atoms with Gasteiger partial charge in [0.25, 0.3) is 11.8 Å². The molecule has 348 valence electrons. The molecule has 2 fully saturated rings. The molecule has 3 amide bonds. The second-order valence-electron chi connectivity index (χ2n) is 17.1. The van der Waals surface area contributed by atoms with Crippen LogP contribution in [0.15, 0.2) is 85.1 Å². The number of alkyl halides is 6. The number of ether oxygens (including phenoxy) is 2. The number of pyridine rings is 1. The Morgan fingerprint density at radius 2 is 1.55 bits per heavy atom. The first kappa shape index (κ1) is 47.5. The summed E-state index contributed by atoms with van der Waals surface area (Å²) in [6, 6.07) is 17.5. The Bertz CT molecular complexity index is 2310. The summed E-state index contributed by atoms with van der Waals surface area (Å²) in [7, 11) is 3.35. The van der Waals surface area contributed by atoms with Crippen LogP contribution in [0.2, 0.25) is 0 Å². The van der Waals surface area contributed by atoms with Gasteiger partial charge < -0.3 is 34.2 Å². The Morgan fingerprint density at radius 1 is 0.892 bits per heavy atom. The van der Waals surface area contributed by atoms with E-state index in [1.807, 2.05) is 12.1 Å². The maximum Gasteiger partial charge on any atom is 0.416 e. The molecule has 65 heavy (non-hydrogen) atoms. The van der Waals surface area contributed by atoms with E-state index in [4.69, 9.17) is 9.47 Å². The lowest BCUT2D eigenvalue weighted by Crippen LogP contribution is -2.50. The van der Waals surface area contributed by atoms with Crippen LogP contribution in [-0.2, 0) is 50.7 Å². The summed E-state index contributed by atoms with van der Waals surface area (Å²) in [5.74, 6) is -2.07. The zero-order valence-electron chi connectivity index (χ0n) is 35.9.